The van der Waals surface area contributed by atoms with E-state index in [9.17, 15) is 58.5 Å². The Morgan fingerprint density at radius 3 is 2.29 bits per heavy atom. The maximum atomic E-state index is 12.6. The summed E-state index contributed by atoms with van der Waals surface area (Å²) in [7, 11) is -16.6. The Balaban J connectivity index is 1.26. The van der Waals surface area contributed by atoms with E-state index in [4.69, 9.17) is 20.7 Å². The highest BCUT2D eigenvalue weighted by Crippen LogP contribution is 2.61. The number of aromatic carboxylic acids is 1. The molecular formula is C21H27N9O18P3+. The summed E-state index contributed by atoms with van der Waals surface area (Å²) in [6.45, 7) is -2.20. The molecule has 0 saturated carbocycles. The third-order valence-electron chi connectivity index (χ3n) is 7.16. The van der Waals surface area contributed by atoms with Crippen LogP contribution in [0, 0.1) is 0 Å². The maximum absolute atomic E-state index is 12.6. The summed E-state index contributed by atoms with van der Waals surface area (Å²) in [6.07, 6.45) is -10.8. The molecule has 5 rings (SSSR count). The number of aromatic nitrogens is 5. The van der Waals surface area contributed by atoms with Gasteiger partial charge in [-0.1, -0.05) is 0 Å². The van der Waals surface area contributed by atoms with Crippen molar-refractivity contribution < 1.29 is 90.4 Å². The molecule has 2 fully saturated rings. The third-order valence-corrected chi connectivity index (χ3v) is 10.3. The molecule has 0 amide bonds. The summed E-state index contributed by atoms with van der Waals surface area (Å²) in [6, 6.07) is 2.56. The fraction of sp³-hybridized carbons (Fsp3) is 0.476. The van der Waals surface area contributed by atoms with Gasteiger partial charge in [0.25, 0.3) is 6.23 Å². The quantitative estimate of drug-likeness (QED) is 0.0299. The molecule has 2 unspecified atom stereocenters. The van der Waals surface area contributed by atoms with Crippen molar-refractivity contribution in [1.29, 1.82) is 0 Å². The first-order valence-electron chi connectivity index (χ1n) is 13.8. The number of nitrogen functional groups attached to an aromatic ring is 1. The van der Waals surface area contributed by atoms with Gasteiger partial charge in [-0.15, -0.1) is 0 Å². The van der Waals surface area contributed by atoms with Crippen molar-refractivity contribution in [2.75, 3.05) is 18.9 Å². The lowest BCUT2D eigenvalue weighted by Gasteiger charge is -2.22. The second kappa shape index (κ2) is 14.8. The maximum Gasteiger partial charge on any atom is 0.481 e. The predicted molar refractivity (Wildman–Crippen MR) is 158 cm³/mol. The van der Waals surface area contributed by atoms with E-state index in [0.717, 1.165) is 21.7 Å². The summed E-state index contributed by atoms with van der Waals surface area (Å²) >= 11 is 0. The number of carboxylic acid groups (broad SMARTS) is 1. The molecule has 5 heterocycles. The Bertz CT molecular complexity index is 1990. The van der Waals surface area contributed by atoms with Crippen molar-refractivity contribution in [3.63, 3.8) is 0 Å². The number of imidazole rings is 1. The Hall–Kier alpha value is -3.55. The van der Waals surface area contributed by atoms with Gasteiger partial charge in [0.15, 0.2) is 41.7 Å². The van der Waals surface area contributed by atoms with Crippen LogP contribution in [0.5, 0.6) is 0 Å². The van der Waals surface area contributed by atoms with E-state index in [1.54, 1.807) is 0 Å². The van der Waals surface area contributed by atoms with Crippen LogP contribution in [0.4, 0.5) is 11.8 Å². The molecule has 278 valence electrons. The number of aliphatic hydroxyl groups is 3. The van der Waals surface area contributed by atoms with Crippen LogP contribution < -0.4 is 10.3 Å². The number of fused-ring (bicyclic) bond motifs is 1. The zero-order chi connectivity index (χ0) is 37.5. The molecule has 10 atom stereocenters. The number of azide groups is 1. The van der Waals surface area contributed by atoms with Crippen molar-refractivity contribution in [3.8, 4) is 0 Å². The normalized spacial score (nSPS) is 29.0. The number of carboxylic acids is 1. The van der Waals surface area contributed by atoms with Crippen LogP contribution in [-0.2, 0) is 41.1 Å². The number of phosphoric ester groups is 3. The van der Waals surface area contributed by atoms with Gasteiger partial charge in [0.2, 0.25) is 5.95 Å². The van der Waals surface area contributed by atoms with Gasteiger partial charge in [0.1, 0.15) is 42.4 Å². The number of carbonyl (C=O) groups is 1. The molecule has 2 aliphatic rings. The SMILES string of the molecule is [N-]=[N+]=Nc1nc2c(N)ncnc2n1[C@@H]1O[C@H](COP(=O)(O)OP(=O)(O)OC[C@@H]2O[C@H]([n+]3cccc(C(=O)O)c3)[C@@H](O)[C@H]2O)[C@@H](O)[C@H]1OP(=O)(O)O. The zero-order valence-electron chi connectivity index (χ0n) is 25.1. The number of rotatable bonds is 14. The number of anilines is 1. The molecule has 27 nitrogen and oxygen atoms in total. The molecule has 10 N–H and O–H groups in total. The summed E-state index contributed by atoms with van der Waals surface area (Å²) in [4.78, 5) is 64.7. The van der Waals surface area contributed by atoms with E-state index in [-0.39, 0.29) is 22.5 Å². The number of hydrogen-bond donors (Lipinski definition) is 9. The molecule has 0 spiro atoms. The summed E-state index contributed by atoms with van der Waals surface area (Å²) in [5.74, 6) is -2.07. The van der Waals surface area contributed by atoms with Crippen LogP contribution in [0.15, 0.2) is 36.0 Å². The minimum atomic E-state index is -5.62. The van der Waals surface area contributed by atoms with E-state index in [2.05, 4.69) is 42.9 Å². The molecule has 2 saturated heterocycles. The van der Waals surface area contributed by atoms with E-state index >= 15 is 0 Å². The molecule has 0 bridgehead atoms. The number of aliphatic hydroxyl groups excluding tert-OH is 3. The van der Waals surface area contributed by atoms with Crippen LogP contribution in [0.1, 0.15) is 22.8 Å². The number of pyridine rings is 1. The smallest absolute Gasteiger partial charge is 0.477 e. The molecule has 2 aliphatic heterocycles. The second-order valence-corrected chi connectivity index (χ2v) is 14.8. The Labute approximate surface area is 282 Å². The number of hydrogen-bond acceptors (Lipinski definition) is 18. The standard InChI is InChI=1S/C21H26N9O18P3/c22-16-11-17(25-7-24-16)30(21(26-11)27-28-23)19-15(47-49(36,37)38)13(32)10(46-19)6-44-51(41,42)48-50(39,40)43-5-9-12(31)14(33)18(45-9)29-3-1-2-8(4-29)20(34)35/h1-4,7,9-10,12-15,18-19,31-33H,5-6H2,(H6-,22,24,25,34,35,36,37,38,39,40,41,42)/p+1/t9-,10+,12-,13+,14-,15+,18-,19+/m0/s1. The minimum absolute atomic E-state index is 0.161. The third kappa shape index (κ3) is 8.74. The molecular weight excluding hydrogens is 759 g/mol. The fourth-order valence-corrected chi connectivity index (χ4v) is 7.64. The zero-order valence-corrected chi connectivity index (χ0v) is 27.8. The topological polar surface area (TPSA) is 408 Å². The lowest BCUT2D eigenvalue weighted by molar-refractivity contribution is -0.765. The van der Waals surface area contributed by atoms with Gasteiger partial charge in [0.05, 0.1) is 13.2 Å². The first kappa shape index (κ1) is 38.7. The lowest BCUT2D eigenvalue weighted by Crippen LogP contribution is -2.46. The van der Waals surface area contributed by atoms with Crippen LogP contribution in [-0.4, -0.2) is 115 Å². The van der Waals surface area contributed by atoms with Crippen molar-refractivity contribution in [1.82, 2.24) is 19.5 Å². The van der Waals surface area contributed by atoms with Crippen LogP contribution in [0.2, 0.25) is 0 Å². The Kier molecular flexibility index (Phi) is 11.2. The van der Waals surface area contributed by atoms with E-state index < -0.39 is 97.7 Å². The van der Waals surface area contributed by atoms with Crippen LogP contribution >= 0.6 is 23.5 Å². The number of ether oxygens (including phenoxy) is 2. The van der Waals surface area contributed by atoms with E-state index in [1.807, 2.05) is 0 Å². The minimum Gasteiger partial charge on any atom is -0.477 e. The average Bonchev–Trinajstić information content (AvgIpc) is 3.65. The highest BCUT2D eigenvalue weighted by Gasteiger charge is 2.52. The first-order valence-corrected chi connectivity index (χ1v) is 18.4. The molecule has 30 heteroatoms. The Morgan fingerprint density at radius 1 is 1.04 bits per heavy atom. The van der Waals surface area contributed by atoms with Gasteiger partial charge in [-0.3, -0.25) is 18.1 Å². The van der Waals surface area contributed by atoms with Gasteiger partial charge in [0, 0.05) is 11.0 Å². The Morgan fingerprint density at radius 2 is 1.69 bits per heavy atom. The van der Waals surface area contributed by atoms with Gasteiger partial charge < -0.3 is 55.2 Å². The van der Waals surface area contributed by atoms with Crippen molar-refractivity contribution in [2.24, 2.45) is 5.11 Å². The van der Waals surface area contributed by atoms with Gasteiger partial charge in [-0.25, -0.2) is 33.4 Å². The molecule has 51 heavy (non-hydrogen) atoms. The summed E-state index contributed by atoms with van der Waals surface area (Å²) in [5, 5.41) is 44.2. The van der Waals surface area contributed by atoms with E-state index in [0.29, 0.717) is 0 Å². The molecule has 3 aromatic heterocycles. The average molecular weight is 786 g/mol. The van der Waals surface area contributed by atoms with Crippen LogP contribution in [0.3, 0.4) is 0 Å². The number of nitrogens with zero attached hydrogens (tertiary/aromatic N) is 8. The molecule has 0 aromatic carbocycles. The fourth-order valence-electron chi connectivity index (χ4n) is 5.00. The summed E-state index contributed by atoms with van der Waals surface area (Å²) in [5.41, 5.74) is 14.2. The largest absolute Gasteiger partial charge is 0.481 e. The van der Waals surface area contributed by atoms with Crippen molar-refractivity contribution in [2.45, 2.75) is 49.1 Å². The number of nitrogens with two attached hydrogens (primary N) is 1. The molecule has 0 aliphatic carbocycles. The van der Waals surface area contributed by atoms with Gasteiger partial charge in [-0.05, 0) is 16.7 Å². The van der Waals surface area contributed by atoms with Crippen LogP contribution in [0.25, 0.3) is 21.6 Å². The summed E-state index contributed by atoms with van der Waals surface area (Å²) < 4.78 is 68.2. The second-order valence-electron chi connectivity index (χ2n) is 10.5. The molecule has 3 aromatic rings. The first-order chi connectivity index (χ1) is 23.8. The predicted octanol–water partition coefficient (Wildman–Crippen LogP) is -1.36. The number of phosphoric acid groups is 3. The lowest BCUT2D eigenvalue weighted by atomic mass is 10.1. The van der Waals surface area contributed by atoms with Crippen molar-refractivity contribution >= 4 is 52.4 Å². The highest BCUT2D eigenvalue weighted by atomic mass is 31.3. The van der Waals surface area contributed by atoms with Gasteiger partial charge in [-0.2, -0.15) is 8.88 Å². The van der Waals surface area contributed by atoms with Crippen molar-refractivity contribution in [3.05, 3.63) is 46.9 Å². The highest BCUT2D eigenvalue weighted by molar-refractivity contribution is 7.61. The van der Waals surface area contributed by atoms with Gasteiger partial charge >= 0.3 is 29.4 Å². The monoisotopic (exact) mass is 786 g/mol. The van der Waals surface area contributed by atoms with E-state index in [1.165, 1.54) is 18.3 Å². The molecule has 0 radical (unpaired) electrons.